The summed E-state index contributed by atoms with van der Waals surface area (Å²) in [6.07, 6.45) is 1.53. The molecule has 0 spiro atoms. The van der Waals surface area contributed by atoms with Crippen molar-refractivity contribution < 1.29 is 14.4 Å². The molecule has 0 aliphatic carbocycles. The van der Waals surface area contributed by atoms with E-state index in [2.05, 4.69) is 41.0 Å². The molecule has 0 bridgehead atoms. The van der Waals surface area contributed by atoms with Crippen LogP contribution in [-0.4, -0.2) is 81.3 Å². The van der Waals surface area contributed by atoms with Crippen LogP contribution in [0.2, 0.25) is 0 Å². The number of thiazole rings is 2. The van der Waals surface area contributed by atoms with Gasteiger partial charge in [0.15, 0.2) is 0 Å². The summed E-state index contributed by atoms with van der Waals surface area (Å²) in [6.45, 7) is 0. The van der Waals surface area contributed by atoms with Crippen molar-refractivity contribution in [1.82, 2.24) is 55.4 Å². The maximum Gasteiger partial charge on any atom is 0.296 e. The number of tetrazole rings is 2. The summed E-state index contributed by atoms with van der Waals surface area (Å²) in [5, 5.41) is 27.2. The number of aryl methyl sites for hydroxylation is 2. The zero-order chi connectivity index (χ0) is 29.9. The van der Waals surface area contributed by atoms with Crippen molar-refractivity contribution in [2.75, 3.05) is 14.2 Å². The van der Waals surface area contributed by atoms with Crippen molar-refractivity contribution in [3.8, 4) is 21.1 Å². The van der Waals surface area contributed by atoms with Crippen LogP contribution in [0.3, 0.4) is 0 Å². The van der Waals surface area contributed by atoms with Crippen LogP contribution in [-0.2, 0) is 18.9 Å². The molecule has 0 atom stereocenters. The third kappa shape index (κ3) is 7.78. The maximum absolute atomic E-state index is 12.2. The van der Waals surface area contributed by atoms with E-state index in [0.29, 0.717) is 11.4 Å². The van der Waals surface area contributed by atoms with Gasteiger partial charge in [-0.15, -0.1) is 32.9 Å². The number of ketones is 1. The fraction of sp³-hybridized carbons (Fsp3) is 0.154. The lowest BCUT2D eigenvalue weighted by molar-refractivity contribution is -0.0760. The molecule has 2 aromatic carbocycles. The van der Waals surface area contributed by atoms with E-state index in [1.165, 1.54) is 45.5 Å². The number of amides is 1. The SMILES string of the molecule is CON(C)C(=O)c1csc(-c2ccccc2)n1.Cn1cnnn1.Cn1nnnc1C(=O)c1csc(-c2ccccc2)n1. The molecule has 4 aromatic heterocycles. The minimum absolute atomic E-state index is 0.185. The Morgan fingerprint density at radius 1 is 0.810 bits per heavy atom. The highest BCUT2D eigenvalue weighted by atomic mass is 32.1. The number of hydrogen-bond donors (Lipinski definition) is 0. The molecule has 0 aliphatic rings. The van der Waals surface area contributed by atoms with E-state index >= 15 is 0 Å². The zero-order valence-electron chi connectivity index (χ0n) is 23.0. The lowest BCUT2D eigenvalue weighted by Crippen LogP contribution is -2.25. The Morgan fingerprint density at radius 3 is 1.83 bits per heavy atom. The lowest BCUT2D eigenvalue weighted by Gasteiger charge is -2.11. The summed E-state index contributed by atoms with van der Waals surface area (Å²) < 4.78 is 2.86. The summed E-state index contributed by atoms with van der Waals surface area (Å²) in [4.78, 5) is 37.4. The van der Waals surface area contributed by atoms with Crippen LogP contribution in [0.25, 0.3) is 21.1 Å². The molecule has 6 aromatic rings. The molecule has 0 aliphatic heterocycles. The van der Waals surface area contributed by atoms with Crippen LogP contribution in [0.15, 0.2) is 77.8 Å². The molecule has 0 N–H and O–H groups in total. The molecule has 0 saturated heterocycles. The molecule has 14 nitrogen and oxygen atoms in total. The topological polar surface area (TPSA) is 160 Å². The number of nitrogens with zero attached hydrogens (tertiary/aromatic N) is 11. The summed E-state index contributed by atoms with van der Waals surface area (Å²) >= 11 is 2.87. The summed E-state index contributed by atoms with van der Waals surface area (Å²) in [5.41, 5.74) is 2.76. The van der Waals surface area contributed by atoms with Crippen molar-refractivity contribution in [1.29, 1.82) is 0 Å². The van der Waals surface area contributed by atoms with E-state index in [1.54, 1.807) is 31.9 Å². The first-order chi connectivity index (χ1) is 20.4. The van der Waals surface area contributed by atoms with Gasteiger partial charge in [0.05, 0.1) is 7.11 Å². The number of carbonyl (C=O) groups is 2. The highest BCUT2D eigenvalue weighted by molar-refractivity contribution is 7.13. The van der Waals surface area contributed by atoms with Gasteiger partial charge >= 0.3 is 0 Å². The molecule has 42 heavy (non-hydrogen) atoms. The largest absolute Gasteiger partial charge is 0.296 e. The second-order valence-corrected chi connectivity index (χ2v) is 9.95. The second-order valence-electron chi connectivity index (χ2n) is 8.23. The summed E-state index contributed by atoms with van der Waals surface area (Å²) in [5.74, 6) is -0.332. The van der Waals surface area contributed by atoms with Gasteiger partial charge in [0.25, 0.3) is 11.7 Å². The number of aromatic nitrogens is 10. The van der Waals surface area contributed by atoms with Gasteiger partial charge < -0.3 is 0 Å². The third-order valence-corrected chi connectivity index (χ3v) is 7.12. The number of hydroxylamine groups is 2. The molecule has 4 heterocycles. The van der Waals surface area contributed by atoms with Gasteiger partial charge in [0.1, 0.15) is 27.7 Å². The van der Waals surface area contributed by atoms with Gasteiger partial charge in [-0.3, -0.25) is 14.4 Å². The Morgan fingerprint density at radius 2 is 1.38 bits per heavy atom. The van der Waals surface area contributed by atoms with Crippen LogP contribution in [0, 0.1) is 0 Å². The molecular weight excluding hydrogens is 578 g/mol. The highest BCUT2D eigenvalue weighted by Gasteiger charge is 2.19. The predicted octanol–water partition coefficient (Wildman–Crippen LogP) is 3.22. The monoisotopic (exact) mass is 603 g/mol. The Kier molecular flexibility index (Phi) is 10.4. The minimum Gasteiger partial charge on any atom is -0.283 e. The molecule has 6 rings (SSSR count). The van der Waals surface area contributed by atoms with Crippen molar-refractivity contribution >= 4 is 34.4 Å². The Balaban J connectivity index is 0.000000162. The Labute approximate surface area is 248 Å². The predicted molar refractivity (Wildman–Crippen MR) is 155 cm³/mol. The first kappa shape index (κ1) is 29.9. The van der Waals surface area contributed by atoms with Crippen LogP contribution in [0.4, 0.5) is 0 Å². The molecule has 1 amide bonds. The Bertz CT molecular complexity index is 1700. The smallest absolute Gasteiger partial charge is 0.283 e. The number of benzene rings is 2. The summed E-state index contributed by atoms with van der Waals surface area (Å²) in [6, 6.07) is 19.5. The van der Waals surface area contributed by atoms with Crippen molar-refractivity contribution in [2.45, 2.75) is 0 Å². The quantitative estimate of drug-likeness (QED) is 0.203. The number of carbonyl (C=O) groups excluding carboxylic acids is 2. The maximum atomic E-state index is 12.2. The van der Waals surface area contributed by atoms with Gasteiger partial charge in [-0.05, 0) is 20.9 Å². The van der Waals surface area contributed by atoms with Gasteiger partial charge in [0, 0.05) is 43.0 Å². The van der Waals surface area contributed by atoms with E-state index in [1.807, 2.05) is 60.7 Å². The average Bonchev–Trinajstić information content (AvgIpc) is 3.86. The first-order valence-electron chi connectivity index (χ1n) is 12.2. The van der Waals surface area contributed by atoms with Gasteiger partial charge in [-0.25, -0.2) is 24.4 Å². The van der Waals surface area contributed by atoms with Gasteiger partial charge in [0.2, 0.25) is 5.82 Å². The van der Waals surface area contributed by atoms with Crippen LogP contribution in [0.1, 0.15) is 26.8 Å². The zero-order valence-corrected chi connectivity index (χ0v) is 24.6. The Hall–Kier alpha value is -5.06. The first-order valence-corrected chi connectivity index (χ1v) is 13.9. The third-order valence-electron chi connectivity index (χ3n) is 5.34. The molecule has 214 valence electrons. The molecule has 0 unspecified atom stereocenters. The minimum atomic E-state index is -0.272. The fourth-order valence-corrected chi connectivity index (χ4v) is 4.77. The van der Waals surface area contributed by atoms with Gasteiger partial charge in [-0.2, -0.15) is 0 Å². The lowest BCUT2D eigenvalue weighted by atomic mass is 10.2. The van der Waals surface area contributed by atoms with Crippen molar-refractivity contribution in [3.05, 3.63) is 95.0 Å². The van der Waals surface area contributed by atoms with Gasteiger partial charge in [-0.1, -0.05) is 60.7 Å². The van der Waals surface area contributed by atoms with E-state index < -0.39 is 0 Å². The summed E-state index contributed by atoms with van der Waals surface area (Å²) in [7, 11) is 6.39. The highest BCUT2D eigenvalue weighted by Crippen LogP contribution is 2.25. The number of hydrogen-bond acceptors (Lipinski definition) is 13. The fourth-order valence-electron chi connectivity index (χ4n) is 3.16. The molecule has 0 radical (unpaired) electrons. The van der Waals surface area contributed by atoms with Crippen LogP contribution in [0.5, 0.6) is 0 Å². The molecule has 0 fully saturated rings. The molecular formula is C26H25N11O3S2. The number of rotatable bonds is 6. The van der Waals surface area contributed by atoms with Crippen molar-refractivity contribution in [2.24, 2.45) is 14.1 Å². The second kappa shape index (κ2) is 14.5. The van der Waals surface area contributed by atoms with E-state index in [-0.39, 0.29) is 17.5 Å². The van der Waals surface area contributed by atoms with Crippen molar-refractivity contribution in [3.63, 3.8) is 0 Å². The van der Waals surface area contributed by atoms with E-state index in [4.69, 9.17) is 4.84 Å². The standard InChI is InChI=1S/C12H9N5OS.C12H12N2O2S.C2H4N4/c1-17-11(14-15-16-17)10(18)9-7-19-12(13-9)8-5-3-2-4-6-8;1-14(16-2)12(15)10-8-17-11(13-10)9-6-4-3-5-7-9;1-6-2-3-4-5-6/h2-7H,1H3;3-8H,1-2H3;2H,1H3. The normalized spacial score (nSPS) is 10.2. The van der Waals surface area contributed by atoms with E-state index in [0.717, 1.165) is 26.2 Å². The van der Waals surface area contributed by atoms with Crippen LogP contribution < -0.4 is 0 Å². The van der Waals surface area contributed by atoms with E-state index in [9.17, 15) is 9.59 Å². The average molecular weight is 604 g/mol. The molecule has 0 saturated carbocycles. The molecule has 16 heteroatoms. The van der Waals surface area contributed by atoms with Crippen LogP contribution >= 0.6 is 22.7 Å².